The Kier molecular flexibility index (Phi) is 5.53. The second kappa shape index (κ2) is 7.43. The van der Waals surface area contributed by atoms with Crippen LogP contribution in [-0.4, -0.2) is 32.7 Å². The molecule has 0 radical (unpaired) electrons. The molecule has 2 rings (SSSR count). The van der Waals surface area contributed by atoms with Gasteiger partial charge in [-0.05, 0) is 43.3 Å². The summed E-state index contributed by atoms with van der Waals surface area (Å²) in [6.07, 6.45) is -0.200. The van der Waals surface area contributed by atoms with Crippen molar-refractivity contribution in [2.45, 2.75) is 17.9 Å². The summed E-state index contributed by atoms with van der Waals surface area (Å²) in [5, 5.41) is 2.47. The molecule has 0 aliphatic rings. The summed E-state index contributed by atoms with van der Waals surface area (Å²) >= 11 is 0. The summed E-state index contributed by atoms with van der Waals surface area (Å²) in [7, 11) is -3.62. The molecule has 1 N–H and O–H groups in total. The Balaban J connectivity index is 2.10. The van der Waals surface area contributed by atoms with Crippen LogP contribution < -0.4 is 5.32 Å². The Bertz CT molecular complexity index is 894. The van der Waals surface area contributed by atoms with Crippen LogP contribution in [0.4, 0.5) is 10.1 Å². The normalized spacial score (nSPS) is 12.3. The number of carbonyl (C=O) groups excluding carboxylic acids is 2. The first-order chi connectivity index (χ1) is 11.7. The summed E-state index contributed by atoms with van der Waals surface area (Å²) in [6, 6.07) is 10.6. The van der Waals surface area contributed by atoms with Gasteiger partial charge in [-0.2, -0.15) is 0 Å². The molecule has 8 heteroatoms. The van der Waals surface area contributed by atoms with Gasteiger partial charge in [0.25, 0.3) is 5.91 Å². The lowest BCUT2D eigenvalue weighted by Crippen LogP contribution is -2.30. The van der Waals surface area contributed by atoms with Gasteiger partial charge in [-0.1, -0.05) is 12.1 Å². The van der Waals surface area contributed by atoms with Gasteiger partial charge in [0.2, 0.25) is 0 Å². The Morgan fingerprint density at radius 1 is 1.08 bits per heavy atom. The van der Waals surface area contributed by atoms with Crippen LogP contribution in [0.2, 0.25) is 0 Å². The third kappa shape index (κ3) is 4.87. The van der Waals surface area contributed by atoms with Crippen molar-refractivity contribution in [1.82, 2.24) is 0 Å². The molecule has 0 saturated carbocycles. The Morgan fingerprint density at radius 2 is 1.68 bits per heavy atom. The molecule has 25 heavy (non-hydrogen) atoms. The molecule has 2 aromatic rings. The van der Waals surface area contributed by atoms with E-state index in [9.17, 15) is 22.4 Å². The van der Waals surface area contributed by atoms with Crippen LogP contribution in [-0.2, 0) is 19.4 Å². The zero-order valence-corrected chi connectivity index (χ0v) is 14.3. The van der Waals surface area contributed by atoms with Gasteiger partial charge < -0.3 is 10.1 Å². The molecule has 132 valence electrons. The number of hydrogen-bond acceptors (Lipinski definition) is 5. The van der Waals surface area contributed by atoms with Crippen LogP contribution in [0.3, 0.4) is 0 Å². The minimum Gasteiger partial charge on any atom is -0.449 e. The summed E-state index contributed by atoms with van der Waals surface area (Å²) in [4.78, 5) is 24.1. The molecule has 1 unspecified atom stereocenters. The van der Waals surface area contributed by atoms with E-state index >= 15 is 0 Å². The van der Waals surface area contributed by atoms with Gasteiger partial charge in [0.1, 0.15) is 5.82 Å². The van der Waals surface area contributed by atoms with Crippen molar-refractivity contribution in [2.24, 2.45) is 0 Å². The smallest absolute Gasteiger partial charge is 0.340 e. The molecule has 0 aromatic heterocycles. The van der Waals surface area contributed by atoms with Gasteiger partial charge in [-0.25, -0.2) is 17.6 Å². The SMILES string of the molecule is CC(OC(=O)c1ccccc1S(C)(=O)=O)C(=O)Nc1ccc(F)cc1. The largest absolute Gasteiger partial charge is 0.449 e. The van der Waals surface area contributed by atoms with E-state index in [-0.39, 0.29) is 10.5 Å². The molecular formula is C17H16FNO5S. The van der Waals surface area contributed by atoms with E-state index in [1.807, 2.05) is 0 Å². The maximum absolute atomic E-state index is 12.8. The van der Waals surface area contributed by atoms with Gasteiger partial charge in [-0.15, -0.1) is 0 Å². The molecule has 0 bridgehead atoms. The number of rotatable bonds is 5. The minimum atomic E-state index is -3.62. The van der Waals surface area contributed by atoms with Crippen molar-refractivity contribution < 1.29 is 27.1 Å². The number of carbonyl (C=O) groups is 2. The van der Waals surface area contributed by atoms with Crippen LogP contribution in [0.25, 0.3) is 0 Å². The highest BCUT2D eigenvalue weighted by molar-refractivity contribution is 7.90. The topological polar surface area (TPSA) is 89.5 Å². The number of sulfone groups is 1. The molecule has 1 amide bonds. The average Bonchev–Trinajstić information content (AvgIpc) is 2.56. The van der Waals surface area contributed by atoms with E-state index in [0.717, 1.165) is 6.26 Å². The van der Waals surface area contributed by atoms with Gasteiger partial charge in [0, 0.05) is 11.9 Å². The summed E-state index contributed by atoms with van der Waals surface area (Å²) < 4.78 is 41.3. The lowest BCUT2D eigenvalue weighted by molar-refractivity contribution is -0.123. The zero-order valence-electron chi connectivity index (χ0n) is 13.5. The highest BCUT2D eigenvalue weighted by atomic mass is 32.2. The minimum absolute atomic E-state index is 0.147. The van der Waals surface area contributed by atoms with Crippen molar-refractivity contribution in [3.8, 4) is 0 Å². The van der Waals surface area contributed by atoms with Crippen molar-refractivity contribution >= 4 is 27.4 Å². The first-order valence-electron chi connectivity index (χ1n) is 7.25. The molecule has 0 heterocycles. The van der Waals surface area contributed by atoms with Crippen molar-refractivity contribution in [3.05, 3.63) is 59.9 Å². The molecule has 0 saturated heterocycles. The number of esters is 1. The van der Waals surface area contributed by atoms with E-state index < -0.39 is 33.6 Å². The number of anilines is 1. The summed E-state index contributed by atoms with van der Waals surface area (Å²) in [5.41, 5.74) is 0.192. The van der Waals surface area contributed by atoms with Crippen LogP contribution in [0.15, 0.2) is 53.4 Å². The van der Waals surface area contributed by atoms with Crippen LogP contribution in [0, 0.1) is 5.82 Å². The fourth-order valence-corrected chi connectivity index (χ4v) is 2.89. The fourth-order valence-electron chi connectivity index (χ4n) is 2.01. The summed E-state index contributed by atoms with van der Waals surface area (Å²) in [6.45, 7) is 1.35. The lowest BCUT2D eigenvalue weighted by atomic mass is 10.2. The van der Waals surface area contributed by atoms with Crippen LogP contribution in [0.5, 0.6) is 0 Å². The second-order valence-electron chi connectivity index (χ2n) is 5.31. The van der Waals surface area contributed by atoms with E-state index in [1.54, 1.807) is 0 Å². The maximum atomic E-state index is 12.8. The maximum Gasteiger partial charge on any atom is 0.340 e. The Hall–Kier alpha value is -2.74. The molecule has 2 aromatic carbocycles. The first kappa shape index (κ1) is 18.6. The number of hydrogen-bond donors (Lipinski definition) is 1. The highest BCUT2D eigenvalue weighted by Gasteiger charge is 2.23. The van der Waals surface area contributed by atoms with E-state index in [1.165, 1.54) is 55.5 Å². The van der Waals surface area contributed by atoms with Gasteiger partial charge in [0.05, 0.1) is 10.5 Å². The number of benzene rings is 2. The molecule has 0 fully saturated rings. The fraction of sp³-hybridized carbons (Fsp3) is 0.176. The zero-order chi connectivity index (χ0) is 18.6. The predicted molar refractivity (Wildman–Crippen MR) is 89.5 cm³/mol. The molecule has 1 atom stereocenters. The summed E-state index contributed by atoms with van der Waals surface area (Å²) in [5.74, 6) is -2.01. The van der Waals surface area contributed by atoms with Gasteiger partial charge >= 0.3 is 5.97 Å². The number of nitrogens with one attached hydrogen (secondary N) is 1. The molecule has 0 spiro atoms. The number of amides is 1. The van der Waals surface area contributed by atoms with Gasteiger partial charge in [-0.3, -0.25) is 4.79 Å². The molecular weight excluding hydrogens is 349 g/mol. The van der Waals surface area contributed by atoms with E-state index in [2.05, 4.69) is 5.32 Å². The van der Waals surface area contributed by atoms with Crippen LogP contribution >= 0.6 is 0 Å². The monoisotopic (exact) mass is 365 g/mol. The van der Waals surface area contributed by atoms with Crippen LogP contribution in [0.1, 0.15) is 17.3 Å². The third-order valence-corrected chi connectivity index (χ3v) is 4.43. The highest BCUT2D eigenvalue weighted by Crippen LogP contribution is 2.17. The molecule has 0 aliphatic heterocycles. The quantitative estimate of drug-likeness (QED) is 0.822. The van der Waals surface area contributed by atoms with Gasteiger partial charge in [0.15, 0.2) is 15.9 Å². The number of halogens is 1. The van der Waals surface area contributed by atoms with Crippen molar-refractivity contribution in [3.63, 3.8) is 0 Å². The first-order valence-corrected chi connectivity index (χ1v) is 9.14. The Morgan fingerprint density at radius 3 is 2.28 bits per heavy atom. The Labute approximate surface area is 144 Å². The molecule has 0 aliphatic carbocycles. The third-order valence-electron chi connectivity index (χ3n) is 3.27. The lowest BCUT2D eigenvalue weighted by Gasteiger charge is -2.14. The van der Waals surface area contributed by atoms with Crippen molar-refractivity contribution in [2.75, 3.05) is 11.6 Å². The predicted octanol–water partition coefficient (Wildman–Crippen LogP) is 2.41. The molecule has 6 nitrogen and oxygen atoms in total. The standard InChI is InChI=1S/C17H16FNO5S/c1-11(16(20)19-13-9-7-12(18)8-10-13)24-17(21)14-5-3-4-6-15(14)25(2,22)23/h3-11H,1-2H3,(H,19,20). The van der Waals surface area contributed by atoms with Crippen molar-refractivity contribution in [1.29, 1.82) is 0 Å². The average molecular weight is 365 g/mol. The van der Waals surface area contributed by atoms with E-state index in [0.29, 0.717) is 5.69 Å². The number of ether oxygens (including phenoxy) is 1. The second-order valence-corrected chi connectivity index (χ2v) is 7.30. The van der Waals surface area contributed by atoms with E-state index in [4.69, 9.17) is 4.74 Å².